The van der Waals surface area contributed by atoms with E-state index in [2.05, 4.69) is 5.32 Å². The maximum Gasteiger partial charge on any atom is 0.240 e. The highest BCUT2D eigenvalue weighted by Crippen LogP contribution is 2.49. The number of aryl methyl sites for hydroxylation is 1. The van der Waals surface area contributed by atoms with Gasteiger partial charge in [-0.25, -0.2) is 0 Å². The van der Waals surface area contributed by atoms with Crippen LogP contribution in [0, 0.1) is 12.3 Å². The lowest BCUT2D eigenvalue weighted by Gasteiger charge is -2.57. The van der Waals surface area contributed by atoms with Crippen LogP contribution in [-0.2, 0) is 9.53 Å². The van der Waals surface area contributed by atoms with Crippen LogP contribution in [-0.4, -0.2) is 37.3 Å². The summed E-state index contributed by atoms with van der Waals surface area (Å²) in [5, 5.41) is 2.89. The largest absolute Gasteiger partial charge is 0.491 e. The van der Waals surface area contributed by atoms with Gasteiger partial charge in [0.2, 0.25) is 5.91 Å². The molecule has 3 N–H and O–H groups in total. The molecule has 0 heterocycles. The van der Waals surface area contributed by atoms with Crippen LogP contribution >= 0.6 is 12.4 Å². The van der Waals surface area contributed by atoms with Crippen LogP contribution in [0.2, 0.25) is 0 Å². The molecule has 0 bridgehead atoms. The Labute approximate surface area is 150 Å². The van der Waals surface area contributed by atoms with Gasteiger partial charge in [0, 0.05) is 18.4 Å². The molecule has 2 atom stereocenters. The van der Waals surface area contributed by atoms with E-state index in [0.717, 1.165) is 11.3 Å². The molecule has 1 aliphatic carbocycles. The first-order valence-electron chi connectivity index (χ1n) is 8.20. The lowest BCUT2D eigenvalue weighted by molar-refractivity contribution is -0.170. The van der Waals surface area contributed by atoms with Crippen LogP contribution in [0.15, 0.2) is 24.3 Å². The summed E-state index contributed by atoms with van der Waals surface area (Å²) in [7, 11) is 0. The standard InChI is InChI=1S/C18H28N2O3.ClH/c1-5-22-15-12-18(19,17(15,3)4)16(21)20-10-11-23-14-9-7-6-8-13(14)2;/h6-9,15H,5,10-12,19H2,1-4H3,(H,20,21);1H. The predicted molar refractivity (Wildman–Crippen MR) is 97.7 cm³/mol. The molecule has 0 aliphatic heterocycles. The van der Waals surface area contributed by atoms with Gasteiger partial charge in [-0.3, -0.25) is 4.79 Å². The third-order valence-electron chi connectivity index (χ3n) is 4.97. The van der Waals surface area contributed by atoms with Gasteiger partial charge < -0.3 is 20.5 Å². The molecule has 136 valence electrons. The smallest absolute Gasteiger partial charge is 0.240 e. The predicted octanol–water partition coefficient (Wildman–Crippen LogP) is 2.44. The normalized spacial score (nSPS) is 24.5. The molecule has 0 saturated heterocycles. The van der Waals surface area contributed by atoms with E-state index in [0.29, 0.717) is 26.2 Å². The van der Waals surface area contributed by atoms with Crippen molar-refractivity contribution in [1.29, 1.82) is 0 Å². The van der Waals surface area contributed by atoms with Gasteiger partial charge in [0.05, 0.1) is 12.6 Å². The zero-order chi connectivity index (χ0) is 17.1. The van der Waals surface area contributed by atoms with Gasteiger partial charge in [0.15, 0.2) is 0 Å². The van der Waals surface area contributed by atoms with Crippen molar-refractivity contribution in [3.63, 3.8) is 0 Å². The van der Waals surface area contributed by atoms with Crippen LogP contribution in [0.3, 0.4) is 0 Å². The molecule has 1 fully saturated rings. The number of hydrogen-bond donors (Lipinski definition) is 2. The molecule has 0 aromatic heterocycles. The molecule has 1 aromatic carbocycles. The van der Waals surface area contributed by atoms with Crippen molar-refractivity contribution in [2.45, 2.75) is 45.8 Å². The van der Waals surface area contributed by atoms with Crippen molar-refractivity contribution in [2.75, 3.05) is 19.8 Å². The molecule has 2 unspecified atom stereocenters. The number of carbonyl (C=O) groups is 1. The minimum Gasteiger partial charge on any atom is -0.491 e. The highest BCUT2D eigenvalue weighted by atomic mass is 35.5. The lowest BCUT2D eigenvalue weighted by Crippen LogP contribution is -2.75. The maximum atomic E-state index is 12.4. The number of carbonyl (C=O) groups excluding carboxylic acids is 1. The summed E-state index contributed by atoms with van der Waals surface area (Å²) < 4.78 is 11.3. The van der Waals surface area contributed by atoms with E-state index in [4.69, 9.17) is 15.2 Å². The summed E-state index contributed by atoms with van der Waals surface area (Å²) in [5.74, 6) is 0.705. The Morgan fingerprint density at radius 1 is 1.38 bits per heavy atom. The molecule has 24 heavy (non-hydrogen) atoms. The van der Waals surface area contributed by atoms with Crippen LogP contribution in [0.5, 0.6) is 5.75 Å². The molecule has 0 spiro atoms. The first-order chi connectivity index (χ1) is 10.8. The van der Waals surface area contributed by atoms with Gasteiger partial charge in [-0.05, 0) is 25.5 Å². The molecular weight excluding hydrogens is 328 g/mol. The molecule has 1 amide bonds. The monoisotopic (exact) mass is 356 g/mol. The second-order valence-corrected chi connectivity index (χ2v) is 6.71. The fraction of sp³-hybridized carbons (Fsp3) is 0.611. The van der Waals surface area contributed by atoms with Crippen molar-refractivity contribution >= 4 is 18.3 Å². The SMILES string of the molecule is CCOC1CC(N)(C(=O)NCCOc2ccccc2C)C1(C)C.Cl. The first kappa shape index (κ1) is 20.7. The summed E-state index contributed by atoms with van der Waals surface area (Å²) in [6.45, 7) is 9.41. The lowest BCUT2D eigenvalue weighted by atomic mass is 9.54. The number of hydrogen-bond acceptors (Lipinski definition) is 4. The quantitative estimate of drug-likeness (QED) is 0.736. The summed E-state index contributed by atoms with van der Waals surface area (Å²) in [5.41, 5.74) is 6.16. The van der Waals surface area contributed by atoms with Crippen molar-refractivity contribution < 1.29 is 14.3 Å². The Hall–Kier alpha value is -1.30. The average Bonchev–Trinajstić information content (AvgIpc) is 2.52. The van der Waals surface area contributed by atoms with Crippen molar-refractivity contribution in [3.05, 3.63) is 29.8 Å². The van der Waals surface area contributed by atoms with Crippen molar-refractivity contribution in [1.82, 2.24) is 5.32 Å². The number of para-hydroxylation sites is 1. The van der Waals surface area contributed by atoms with Crippen LogP contribution in [0.25, 0.3) is 0 Å². The van der Waals surface area contributed by atoms with Crippen LogP contribution in [0.4, 0.5) is 0 Å². The van der Waals surface area contributed by atoms with E-state index in [9.17, 15) is 4.79 Å². The summed E-state index contributed by atoms with van der Waals surface area (Å²) in [6, 6.07) is 7.81. The summed E-state index contributed by atoms with van der Waals surface area (Å²) >= 11 is 0. The Morgan fingerprint density at radius 3 is 2.62 bits per heavy atom. The second-order valence-electron chi connectivity index (χ2n) is 6.71. The van der Waals surface area contributed by atoms with Crippen LogP contribution < -0.4 is 15.8 Å². The molecular formula is C18H29ClN2O3. The third kappa shape index (κ3) is 3.85. The number of halogens is 1. The van der Waals surface area contributed by atoms with E-state index < -0.39 is 5.54 Å². The van der Waals surface area contributed by atoms with Gasteiger partial charge in [-0.1, -0.05) is 32.0 Å². The van der Waals surface area contributed by atoms with Gasteiger partial charge in [0.25, 0.3) is 0 Å². The molecule has 1 saturated carbocycles. The number of rotatable bonds is 7. The van der Waals surface area contributed by atoms with E-state index in [1.807, 2.05) is 52.0 Å². The van der Waals surface area contributed by atoms with E-state index in [-0.39, 0.29) is 29.8 Å². The Kier molecular flexibility index (Phi) is 7.08. The number of nitrogens with two attached hydrogens (primary N) is 1. The van der Waals surface area contributed by atoms with Crippen molar-refractivity contribution in [2.24, 2.45) is 11.1 Å². The minimum atomic E-state index is -0.879. The fourth-order valence-corrected chi connectivity index (χ4v) is 3.02. The van der Waals surface area contributed by atoms with Crippen molar-refractivity contribution in [3.8, 4) is 5.75 Å². The fourth-order valence-electron chi connectivity index (χ4n) is 3.02. The van der Waals surface area contributed by atoms with Gasteiger partial charge in [-0.15, -0.1) is 12.4 Å². The highest BCUT2D eigenvalue weighted by Gasteiger charge is 2.62. The topological polar surface area (TPSA) is 73.6 Å². The average molecular weight is 357 g/mol. The number of nitrogens with one attached hydrogen (secondary N) is 1. The zero-order valence-corrected chi connectivity index (χ0v) is 15.7. The summed E-state index contributed by atoms with van der Waals surface area (Å²) in [4.78, 5) is 12.4. The molecule has 6 heteroatoms. The first-order valence-corrected chi connectivity index (χ1v) is 8.20. The van der Waals surface area contributed by atoms with Gasteiger partial charge >= 0.3 is 0 Å². The molecule has 2 rings (SSSR count). The summed E-state index contributed by atoms with van der Waals surface area (Å²) in [6.07, 6.45) is 0.588. The highest BCUT2D eigenvalue weighted by molar-refractivity contribution is 5.88. The van der Waals surface area contributed by atoms with E-state index in [1.165, 1.54) is 0 Å². The maximum absolute atomic E-state index is 12.4. The number of benzene rings is 1. The molecule has 1 aliphatic rings. The Morgan fingerprint density at radius 2 is 2.04 bits per heavy atom. The number of amides is 1. The molecule has 0 radical (unpaired) electrons. The number of ether oxygens (including phenoxy) is 2. The van der Waals surface area contributed by atoms with Crippen LogP contribution in [0.1, 0.15) is 32.8 Å². The van der Waals surface area contributed by atoms with E-state index in [1.54, 1.807) is 0 Å². The Balaban J connectivity index is 0.00000288. The van der Waals surface area contributed by atoms with E-state index >= 15 is 0 Å². The zero-order valence-electron chi connectivity index (χ0n) is 14.9. The molecule has 1 aromatic rings. The van der Waals surface area contributed by atoms with Gasteiger partial charge in [-0.2, -0.15) is 0 Å². The van der Waals surface area contributed by atoms with Gasteiger partial charge in [0.1, 0.15) is 17.9 Å². The third-order valence-corrected chi connectivity index (χ3v) is 4.97. The molecule has 5 nitrogen and oxygen atoms in total. The second kappa shape index (κ2) is 8.19. The Bertz CT molecular complexity index is 565. The minimum absolute atomic E-state index is 0.